The van der Waals surface area contributed by atoms with Gasteiger partial charge in [-0.3, -0.25) is 0 Å². The fourth-order valence-corrected chi connectivity index (χ4v) is 4.45. The second kappa shape index (κ2) is 10.4. The van der Waals surface area contributed by atoms with Gasteiger partial charge in [-0.15, -0.1) is 0 Å². The van der Waals surface area contributed by atoms with Gasteiger partial charge < -0.3 is 10.5 Å². The summed E-state index contributed by atoms with van der Waals surface area (Å²) in [6, 6.07) is 33.0. The number of ether oxygens (including phenoxy) is 1. The predicted molar refractivity (Wildman–Crippen MR) is 144 cm³/mol. The van der Waals surface area contributed by atoms with E-state index in [0.717, 1.165) is 53.1 Å². The molecule has 0 spiro atoms. The van der Waals surface area contributed by atoms with Crippen LogP contribution in [0, 0.1) is 0 Å². The van der Waals surface area contributed by atoms with Gasteiger partial charge >= 0.3 is 0 Å². The highest BCUT2D eigenvalue weighted by Gasteiger charge is 2.16. The first-order chi connectivity index (χ1) is 17.2. The van der Waals surface area contributed by atoms with Crippen molar-refractivity contribution in [2.75, 3.05) is 5.73 Å². The molecular weight excluding hydrogens is 430 g/mol. The van der Waals surface area contributed by atoms with E-state index in [1.807, 2.05) is 30.3 Å². The van der Waals surface area contributed by atoms with Crippen molar-refractivity contribution in [3.8, 4) is 28.3 Å². The first kappa shape index (κ1) is 22.6. The molecule has 5 aromatic rings. The zero-order chi connectivity index (χ0) is 24.0. The summed E-state index contributed by atoms with van der Waals surface area (Å²) in [7, 11) is 0. The van der Waals surface area contributed by atoms with Gasteiger partial charge in [0.15, 0.2) is 0 Å². The maximum absolute atomic E-state index is 6.17. The number of rotatable bonds is 8. The Bertz CT molecular complexity index is 1420. The van der Waals surface area contributed by atoms with Gasteiger partial charge in [0, 0.05) is 16.7 Å². The van der Waals surface area contributed by atoms with Crippen LogP contribution in [-0.2, 0) is 13.0 Å². The minimum Gasteiger partial charge on any atom is -0.489 e. The monoisotopic (exact) mass is 459 g/mol. The highest BCUT2D eigenvalue weighted by atomic mass is 16.5. The normalized spacial score (nSPS) is 11.0. The molecule has 0 unspecified atom stereocenters. The van der Waals surface area contributed by atoms with Crippen LogP contribution in [0.4, 0.5) is 5.95 Å². The van der Waals surface area contributed by atoms with Gasteiger partial charge in [-0.25, -0.2) is 9.97 Å². The first-order valence-electron chi connectivity index (χ1n) is 12.1. The van der Waals surface area contributed by atoms with E-state index >= 15 is 0 Å². The Hall–Kier alpha value is -4.18. The number of hydrogen-bond acceptors (Lipinski definition) is 4. The highest BCUT2D eigenvalue weighted by Crippen LogP contribution is 2.33. The van der Waals surface area contributed by atoms with E-state index in [4.69, 9.17) is 10.5 Å². The van der Waals surface area contributed by atoms with Crippen LogP contribution in [0.3, 0.4) is 0 Å². The number of unbranched alkanes of at least 4 members (excludes halogenated alkanes) is 1. The molecule has 0 aliphatic carbocycles. The Balaban J connectivity index is 1.44. The molecule has 0 radical (unpaired) electrons. The van der Waals surface area contributed by atoms with Crippen molar-refractivity contribution in [2.24, 2.45) is 0 Å². The summed E-state index contributed by atoms with van der Waals surface area (Å²) in [5.41, 5.74) is 12.4. The minimum atomic E-state index is 0.287. The largest absolute Gasteiger partial charge is 0.489 e. The molecule has 0 saturated carbocycles. The molecule has 0 amide bonds. The lowest BCUT2D eigenvalue weighted by atomic mass is 9.96. The van der Waals surface area contributed by atoms with Crippen LogP contribution in [-0.4, -0.2) is 9.97 Å². The molecule has 0 bridgehead atoms. The number of nitrogen functional groups attached to an aromatic ring is 1. The molecular formula is C31H29N3O. The van der Waals surface area contributed by atoms with Gasteiger partial charge in [0.2, 0.25) is 5.95 Å². The number of anilines is 1. The summed E-state index contributed by atoms with van der Waals surface area (Å²) >= 11 is 0. The third-order valence-corrected chi connectivity index (χ3v) is 6.25. The molecule has 0 saturated heterocycles. The molecule has 0 atom stereocenters. The lowest BCUT2D eigenvalue weighted by Gasteiger charge is -2.15. The van der Waals surface area contributed by atoms with Crippen molar-refractivity contribution >= 4 is 16.7 Å². The lowest BCUT2D eigenvalue weighted by Crippen LogP contribution is -2.05. The van der Waals surface area contributed by atoms with E-state index in [1.54, 1.807) is 0 Å². The van der Waals surface area contributed by atoms with Crippen LogP contribution in [0.2, 0.25) is 0 Å². The van der Waals surface area contributed by atoms with Crippen LogP contribution in [0.1, 0.15) is 30.9 Å². The minimum absolute atomic E-state index is 0.287. The van der Waals surface area contributed by atoms with Crippen molar-refractivity contribution < 1.29 is 4.74 Å². The Morgan fingerprint density at radius 1 is 0.714 bits per heavy atom. The Kier molecular flexibility index (Phi) is 6.71. The molecule has 1 heterocycles. The standard InChI is InChI=1S/C31H29N3O/c1-2-3-15-28-29(23-11-5-4-6-12-23)33-31(32)34-30(28)24-17-19-26(20-18-24)35-21-25-14-9-13-22-10-7-8-16-27(22)25/h4-14,16-20H,2-3,15,21H2,1H3,(H2,32,33,34). The molecule has 35 heavy (non-hydrogen) atoms. The maximum Gasteiger partial charge on any atom is 0.221 e. The Morgan fingerprint density at radius 3 is 2.11 bits per heavy atom. The van der Waals surface area contributed by atoms with E-state index in [9.17, 15) is 0 Å². The van der Waals surface area contributed by atoms with E-state index in [2.05, 4.69) is 83.6 Å². The first-order valence-corrected chi connectivity index (χ1v) is 12.1. The molecule has 4 nitrogen and oxygen atoms in total. The summed E-state index contributed by atoms with van der Waals surface area (Å²) in [6.07, 6.45) is 3.06. The summed E-state index contributed by atoms with van der Waals surface area (Å²) < 4.78 is 6.15. The van der Waals surface area contributed by atoms with Crippen molar-refractivity contribution in [3.63, 3.8) is 0 Å². The van der Waals surface area contributed by atoms with Crippen molar-refractivity contribution in [1.29, 1.82) is 0 Å². The third kappa shape index (κ3) is 5.02. The molecule has 5 rings (SSSR count). The van der Waals surface area contributed by atoms with Gasteiger partial charge in [0.1, 0.15) is 12.4 Å². The average molecular weight is 460 g/mol. The molecule has 1 aromatic heterocycles. The van der Waals surface area contributed by atoms with Crippen molar-refractivity contribution in [1.82, 2.24) is 9.97 Å². The SMILES string of the molecule is CCCCc1c(-c2ccccc2)nc(N)nc1-c1ccc(OCc2cccc3ccccc23)cc1. The average Bonchev–Trinajstić information content (AvgIpc) is 2.91. The zero-order valence-electron chi connectivity index (χ0n) is 19.9. The summed E-state index contributed by atoms with van der Waals surface area (Å²) in [6.45, 7) is 2.71. The van der Waals surface area contributed by atoms with Gasteiger partial charge in [-0.05, 0) is 53.4 Å². The maximum atomic E-state index is 6.17. The van der Waals surface area contributed by atoms with Crippen molar-refractivity contribution in [2.45, 2.75) is 32.8 Å². The number of benzene rings is 4. The van der Waals surface area contributed by atoms with E-state index < -0.39 is 0 Å². The third-order valence-electron chi connectivity index (χ3n) is 6.25. The summed E-state index contributed by atoms with van der Waals surface area (Å²) in [5.74, 6) is 1.11. The predicted octanol–water partition coefficient (Wildman–Crippen LogP) is 7.47. The van der Waals surface area contributed by atoms with E-state index in [1.165, 1.54) is 16.3 Å². The van der Waals surface area contributed by atoms with Gasteiger partial charge in [-0.1, -0.05) is 86.1 Å². The smallest absolute Gasteiger partial charge is 0.221 e. The molecule has 0 aliphatic rings. The molecule has 174 valence electrons. The van der Waals surface area contributed by atoms with Gasteiger partial charge in [-0.2, -0.15) is 0 Å². The summed E-state index contributed by atoms with van der Waals surface area (Å²) in [5, 5.41) is 2.44. The number of fused-ring (bicyclic) bond motifs is 1. The molecule has 2 N–H and O–H groups in total. The van der Waals surface area contributed by atoms with Gasteiger partial charge in [0.05, 0.1) is 11.4 Å². The Morgan fingerprint density at radius 2 is 1.37 bits per heavy atom. The summed E-state index contributed by atoms with van der Waals surface area (Å²) in [4.78, 5) is 9.30. The fourth-order valence-electron chi connectivity index (χ4n) is 4.45. The molecule has 4 aromatic carbocycles. The van der Waals surface area contributed by atoms with Crippen LogP contribution in [0.5, 0.6) is 5.75 Å². The zero-order valence-corrected chi connectivity index (χ0v) is 19.9. The molecule has 4 heteroatoms. The van der Waals surface area contributed by atoms with E-state index in [0.29, 0.717) is 6.61 Å². The second-order valence-electron chi connectivity index (χ2n) is 8.68. The molecule has 0 fully saturated rings. The van der Waals surface area contributed by atoms with Crippen molar-refractivity contribution in [3.05, 3.63) is 108 Å². The van der Waals surface area contributed by atoms with Crippen LogP contribution in [0.25, 0.3) is 33.3 Å². The number of nitrogens with two attached hydrogens (primary N) is 1. The second-order valence-corrected chi connectivity index (χ2v) is 8.68. The van der Waals surface area contributed by atoms with Crippen LogP contribution >= 0.6 is 0 Å². The topological polar surface area (TPSA) is 61.0 Å². The van der Waals surface area contributed by atoms with Gasteiger partial charge in [0.25, 0.3) is 0 Å². The highest BCUT2D eigenvalue weighted by molar-refractivity contribution is 5.85. The van der Waals surface area contributed by atoms with Crippen LogP contribution in [0.15, 0.2) is 97.1 Å². The number of hydrogen-bond donors (Lipinski definition) is 1. The Labute approximate surface area is 206 Å². The number of nitrogens with zero attached hydrogens (tertiary/aromatic N) is 2. The fraction of sp³-hybridized carbons (Fsp3) is 0.161. The quantitative estimate of drug-likeness (QED) is 0.261. The van der Waals surface area contributed by atoms with E-state index in [-0.39, 0.29) is 5.95 Å². The van der Waals surface area contributed by atoms with Crippen LogP contribution < -0.4 is 10.5 Å². The lowest BCUT2D eigenvalue weighted by molar-refractivity contribution is 0.308. The number of aromatic nitrogens is 2. The molecule has 0 aliphatic heterocycles.